The van der Waals surface area contributed by atoms with E-state index >= 15 is 0 Å². The van der Waals surface area contributed by atoms with Crippen molar-refractivity contribution in [2.24, 2.45) is 0 Å². The summed E-state index contributed by atoms with van der Waals surface area (Å²) in [6.45, 7) is 4.87. The van der Waals surface area contributed by atoms with Gasteiger partial charge < -0.3 is 10.2 Å². The number of carbonyl (C=O) groups excluding carboxylic acids is 1. The molecule has 1 saturated heterocycles. The molecule has 0 aromatic heterocycles. The third-order valence-electron chi connectivity index (χ3n) is 3.80. The molecule has 2 rings (SSSR count). The average Bonchev–Trinajstić information content (AvgIpc) is 2.48. The number of carbonyl (C=O) groups is 1. The number of hydrogen-bond acceptors (Lipinski definition) is 2. The highest BCUT2D eigenvalue weighted by molar-refractivity contribution is 5.79. The van der Waals surface area contributed by atoms with E-state index in [2.05, 4.69) is 12.2 Å². The molecule has 0 spiro atoms. The van der Waals surface area contributed by atoms with Crippen LogP contribution in [0.3, 0.4) is 0 Å². The molecule has 1 fully saturated rings. The summed E-state index contributed by atoms with van der Waals surface area (Å²) in [6, 6.07) is 6.57. The lowest BCUT2D eigenvalue weighted by molar-refractivity contribution is -0.133. The van der Waals surface area contributed by atoms with Gasteiger partial charge in [0.2, 0.25) is 5.91 Å². The summed E-state index contributed by atoms with van der Waals surface area (Å²) in [5.74, 6) is -0.102. The van der Waals surface area contributed by atoms with Crippen molar-refractivity contribution in [3.05, 3.63) is 35.6 Å². The zero-order valence-electron chi connectivity index (χ0n) is 12.1. The molecule has 0 radical (unpaired) electrons. The number of hydrogen-bond donors (Lipinski definition) is 1. The van der Waals surface area contributed by atoms with Gasteiger partial charge in [0.25, 0.3) is 0 Å². The molecule has 20 heavy (non-hydrogen) atoms. The predicted octanol–water partition coefficient (Wildman–Crippen LogP) is 2.36. The highest BCUT2D eigenvalue weighted by Crippen LogP contribution is 2.15. The van der Waals surface area contributed by atoms with Crippen LogP contribution in [0.4, 0.5) is 4.39 Å². The molecule has 0 bridgehead atoms. The van der Waals surface area contributed by atoms with Crippen LogP contribution in [0, 0.1) is 5.82 Å². The molecular weight excluding hydrogens is 255 g/mol. The Morgan fingerprint density at radius 2 is 1.95 bits per heavy atom. The molecule has 1 heterocycles. The van der Waals surface area contributed by atoms with Gasteiger partial charge in [-0.05, 0) is 50.0 Å². The van der Waals surface area contributed by atoms with E-state index in [0.29, 0.717) is 12.5 Å². The van der Waals surface area contributed by atoms with Crippen LogP contribution in [0.5, 0.6) is 0 Å². The van der Waals surface area contributed by atoms with Crippen molar-refractivity contribution in [2.75, 3.05) is 19.6 Å². The van der Waals surface area contributed by atoms with Gasteiger partial charge in [-0.2, -0.15) is 0 Å². The van der Waals surface area contributed by atoms with Gasteiger partial charge >= 0.3 is 0 Å². The first-order valence-corrected chi connectivity index (χ1v) is 7.45. The lowest BCUT2D eigenvalue weighted by atomic mass is 10.0. The van der Waals surface area contributed by atoms with Crippen LogP contribution in [-0.4, -0.2) is 36.5 Å². The van der Waals surface area contributed by atoms with Crippen molar-refractivity contribution in [3.8, 4) is 0 Å². The number of nitrogens with zero attached hydrogens (tertiary/aromatic N) is 1. The minimum Gasteiger partial charge on any atom is -0.339 e. The Morgan fingerprint density at radius 3 is 2.55 bits per heavy atom. The van der Waals surface area contributed by atoms with Crippen LogP contribution in [0.1, 0.15) is 31.7 Å². The van der Waals surface area contributed by atoms with Crippen molar-refractivity contribution in [1.29, 1.82) is 0 Å². The minimum absolute atomic E-state index is 0.158. The molecule has 1 aromatic carbocycles. The van der Waals surface area contributed by atoms with Crippen LogP contribution < -0.4 is 5.32 Å². The fourth-order valence-electron chi connectivity index (χ4n) is 2.75. The highest BCUT2D eigenvalue weighted by atomic mass is 19.1. The van der Waals surface area contributed by atoms with E-state index in [1.165, 1.54) is 12.1 Å². The molecule has 0 atom stereocenters. The maximum atomic E-state index is 12.9. The van der Waals surface area contributed by atoms with Gasteiger partial charge in [0.15, 0.2) is 0 Å². The molecular formula is C16H23FN2O. The predicted molar refractivity (Wildman–Crippen MR) is 78.0 cm³/mol. The Bertz CT molecular complexity index is 427. The zero-order chi connectivity index (χ0) is 14.4. The molecule has 1 N–H and O–H groups in total. The fourth-order valence-corrected chi connectivity index (χ4v) is 2.75. The molecule has 4 heteroatoms. The first-order valence-electron chi connectivity index (χ1n) is 7.45. The van der Waals surface area contributed by atoms with Crippen molar-refractivity contribution >= 4 is 5.91 Å². The zero-order valence-corrected chi connectivity index (χ0v) is 12.1. The number of rotatable bonds is 5. The van der Waals surface area contributed by atoms with E-state index in [9.17, 15) is 9.18 Å². The van der Waals surface area contributed by atoms with Crippen LogP contribution in [-0.2, 0) is 11.2 Å². The van der Waals surface area contributed by atoms with Crippen LogP contribution >= 0.6 is 0 Å². The molecule has 1 amide bonds. The second-order valence-corrected chi connectivity index (χ2v) is 5.37. The summed E-state index contributed by atoms with van der Waals surface area (Å²) in [7, 11) is 0. The summed E-state index contributed by atoms with van der Waals surface area (Å²) in [4.78, 5) is 14.5. The molecule has 1 aliphatic rings. The smallest absolute Gasteiger partial charge is 0.227 e. The van der Waals surface area contributed by atoms with E-state index in [1.54, 1.807) is 12.1 Å². The van der Waals surface area contributed by atoms with Crippen LogP contribution in [0.25, 0.3) is 0 Å². The third-order valence-corrected chi connectivity index (χ3v) is 3.80. The number of amides is 1. The molecule has 1 aliphatic heterocycles. The van der Waals surface area contributed by atoms with Gasteiger partial charge in [-0.25, -0.2) is 4.39 Å². The Hall–Kier alpha value is -1.42. The topological polar surface area (TPSA) is 32.3 Å². The quantitative estimate of drug-likeness (QED) is 0.896. The number of piperidine rings is 1. The summed E-state index contributed by atoms with van der Waals surface area (Å²) in [6.07, 6.45) is 3.38. The minimum atomic E-state index is -0.259. The third kappa shape index (κ3) is 4.04. The molecule has 1 aromatic rings. The SMILES string of the molecule is CCCN(C(=O)Cc1ccc(F)cc1)C1CCNCC1. The average molecular weight is 278 g/mol. The molecule has 110 valence electrons. The first-order chi connectivity index (χ1) is 9.70. The lowest BCUT2D eigenvalue weighted by Crippen LogP contribution is -2.47. The van der Waals surface area contributed by atoms with Gasteiger partial charge in [-0.15, -0.1) is 0 Å². The van der Waals surface area contributed by atoms with Gasteiger partial charge in [0.05, 0.1) is 6.42 Å². The van der Waals surface area contributed by atoms with E-state index in [1.807, 2.05) is 4.90 Å². The molecule has 0 unspecified atom stereocenters. The van der Waals surface area contributed by atoms with E-state index in [-0.39, 0.29) is 11.7 Å². The standard InChI is InChI=1S/C16H23FN2O/c1-2-11-19(15-7-9-18-10-8-15)16(20)12-13-3-5-14(17)6-4-13/h3-6,15,18H,2,7-12H2,1H3. The summed E-state index contributed by atoms with van der Waals surface area (Å²) >= 11 is 0. The van der Waals surface area contributed by atoms with Gasteiger partial charge in [-0.1, -0.05) is 19.1 Å². The van der Waals surface area contributed by atoms with Gasteiger partial charge in [0.1, 0.15) is 5.82 Å². The lowest BCUT2D eigenvalue weighted by Gasteiger charge is -2.34. The summed E-state index contributed by atoms with van der Waals surface area (Å²) < 4.78 is 12.9. The Morgan fingerprint density at radius 1 is 1.30 bits per heavy atom. The fraction of sp³-hybridized carbons (Fsp3) is 0.562. The monoisotopic (exact) mass is 278 g/mol. The van der Waals surface area contributed by atoms with Crippen molar-refractivity contribution in [3.63, 3.8) is 0 Å². The molecule has 0 saturated carbocycles. The van der Waals surface area contributed by atoms with Crippen molar-refractivity contribution < 1.29 is 9.18 Å². The van der Waals surface area contributed by atoms with E-state index in [0.717, 1.165) is 44.5 Å². The first kappa shape index (κ1) is 15.0. The van der Waals surface area contributed by atoms with Crippen LogP contribution in [0.2, 0.25) is 0 Å². The van der Waals surface area contributed by atoms with Crippen molar-refractivity contribution in [2.45, 2.75) is 38.6 Å². The second kappa shape index (κ2) is 7.39. The second-order valence-electron chi connectivity index (χ2n) is 5.37. The van der Waals surface area contributed by atoms with Gasteiger partial charge in [0, 0.05) is 12.6 Å². The Kier molecular flexibility index (Phi) is 5.53. The molecule has 0 aliphatic carbocycles. The summed E-state index contributed by atoms with van der Waals surface area (Å²) in [5, 5.41) is 3.33. The number of nitrogens with one attached hydrogen (secondary N) is 1. The maximum Gasteiger partial charge on any atom is 0.227 e. The number of halogens is 1. The molecule has 3 nitrogen and oxygen atoms in total. The van der Waals surface area contributed by atoms with Crippen molar-refractivity contribution in [1.82, 2.24) is 10.2 Å². The van der Waals surface area contributed by atoms with Gasteiger partial charge in [-0.3, -0.25) is 4.79 Å². The number of benzene rings is 1. The van der Waals surface area contributed by atoms with E-state index in [4.69, 9.17) is 0 Å². The van der Waals surface area contributed by atoms with E-state index < -0.39 is 0 Å². The van der Waals surface area contributed by atoms with Crippen LogP contribution in [0.15, 0.2) is 24.3 Å². The normalized spacial score (nSPS) is 16.1. The Balaban J connectivity index is 2.00. The Labute approximate surface area is 120 Å². The maximum absolute atomic E-state index is 12.9. The highest BCUT2D eigenvalue weighted by Gasteiger charge is 2.24. The largest absolute Gasteiger partial charge is 0.339 e. The summed E-state index contributed by atoms with van der Waals surface area (Å²) in [5.41, 5.74) is 0.881.